The molecule has 2 aliphatic rings. The van der Waals surface area contributed by atoms with E-state index in [0.717, 1.165) is 25.1 Å². The van der Waals surface area contributed by atoms with E-state index >= 15 is 0 Å². The van der Waals surface area contributed by atoms with Crippen LogP contribution < -0.4 is 20.3 Å². The maximum atomic E-state index is 12.9. The normalized spacial score (nSPS) is 18.1. The molecule has 9 heteroatoms. The molecule has 1 unspecified atom stereocenters. The summed E-state index contributed by atoms with van der Waals surface area (Å²) >= 11 is 0. The molecule has 1 atom stereocenters. The van der Waals surface area contributed by atoms with E-state index in [9.17, 15) is 4.79 Å². The number of nitrogens with zero attached hydrogens (tertiary/aromatic N) is 4. The minimum atomic E-state index is -0.566. The van der Waals surface area contributed by atoms with E-state index in [4.69, 9.17) is 19.2 Å². The number of rotatable bonds is 6. The molecule has 3 heterocycles. The summed E-state index contributed by atoms with van der Waals surface area (Å²) in [6.45, 7) is 9.47. The summed E-state index contributed by atoms with van der Waals surface area (Å²) in [4.78, 5) is 24.5. The largest absolute Gasteiger partial charge is 0.493 e. The SMILES string of the molecule is COc1cc(C2N=C(N3CCOCC3)Nc3nc(C)cc(=O)n32)ccc1OCCC(C)C. The number of aryl methyl sites for hydroxylation is 1. The molecule has 32 heavy (non-hydrogen) atoms. The molecule has 0 radical (unpaired) electrons. The predicted molar refractivity (Wildman–Crippen MR) is 123 cm³/mol. The molecule has 4 rings (SSSR count). The van der Waals surface area contributed by atoms with Crippen LogP contribution in [0, 0.1) is 12.8 Å². The second kappa shape index (κ2) is 9.60. The smallest absolute Gasteiger partial charge is 0.257 e. The number of morpholine rings is 1. The molecular weight excluding hydrogens is 410 g/mol. The third-order valence-corrected chi connectivity index (χ3v) is 5.54. The Bertz CT molecular complexity index is 1040. The van der Waals surface area contributed by atoms with Gasteiger partial charge in [-0.1, -0.05) is 19.9 Å². The minimum absolute atomic E-state index is 0.161. The molecule has 172 valence electrons. The van der Waals surface area contributed by atoms with E-state index in [2.05, 4.69) is 29.0 Å². The molecule has 1 aromatic carbocycles. The van der Waals surface area contributed by atoms with Crippen molar-refractivity contribution in [1.29, 1.82) is 0 Å². The van der Waals surface area contributed by atoms with Crippen LogP contribution in [0.2, 0.25) is 0 Å². The molecule has 0 bridgehead atoms. The van der Waals surface area contributed by atoms with Gasteiger partial charge in [-0.15, -0.1) is 0 Å². The Morgan fingerprint density at radius 1 is 1.22 bits per heavy atom. The zero-order valence-electron chi connectivity index (χ0n) is 19.1. The summed E-state index contributed by atoms with van der Waals surface area (Å²) in [5, 5.41) is 3.24. The van der Waals surface area contributed by atoms with Gasteiger partial charge in [-0.2, -0.15) is 0 Å². The van der Waals surface area contributed by atoms with E-state index < -0.39 is 6.17 Å². The number of nitrogens with one attached hydrogen (secondary N) is 1. The number of anilines is 1. The third-order valence-electron chi connectivity index (χ3n) is 5.54. The molecule has 1 saturated heterocycles. The van der Waals surface area contributed by atoms with Gasteiger partial charge in [0, 0.05) is 30.4 Å². The lowest BCUT2D eigenvalue weighted by Crippen LogP contribution is -2.47. The fraction of sp³-hybridized carbons (Fsp3) is 0.522. The summed E-state index contributed by atoms with van der Waals surface area (Å²) < 4.78 is 18.6. The van der Waals surface area contributed by atoms with Crippen molar-refractivity contribution in [3.63, 3.8) is 0 Å². The topological polar surface area (TPSA) is 90.2 Å². The first-order valence-corrected chi connectivity index (χ1v) is 11.0. The van der Waals surface area contributed by atoms with Crippen molar-refractivity contribution in [2.24, 2.45) is 10.9 Å². The summed E-state index contributed by atoms with van der Waals surface area (Å²) in [5.74, 6) is 3.02. The molecular formula is C23H31N5O4. The summed E-state index contributed by atoms with van der Waals surface area (Å²) in [7, 11) is 1.62. The Balaban J connectivity index is 1.71. The van der Waals surface area contributed by atoms with Crippen LogP contribution in [0.5, 0.6) is 11.5 Å². The number of hydrogen-bond acceptors (Lipinski definition) is 8. The number of fused-ring (bicyclic) bond motifs is 1. The highest BCUT2D eigenvalue weighted by Gasteiger charge is 2.28. The highest BCUT2D eigenvalue weighted by Crippen LogP contribution is 2.34. The van der Waals surface area contributed by atoms with Gasteiger partial charge in [0.2, 0.25) is 11.9 Å². The minimum Gasteiger partial charge on any atom is -0.493 e. The van der Waals surface area contributed by atoms with Gasteiger partial charge in [0.05, 0.1) is 26.9 Å². The summed E-state index contributed by atoms with van der Waals surface area (Å²) in [6, 6.07) is 7.22. The average molecular weight is 442 g/mol. The van der Waals surface area contributed by atoms with Gasteiger partial charge in [-0.3, -0.25) is 14.7 Å². The summed E-state index contributed by atoms with van der Waals surface area (Å²) in [6.07, 6.45) is 0.392. The molecule has 0 saturated carbocycles. The van der Waals surface area contributed by atoms with Gasteiger partial charge in [-0.25, -0.2) is 9.98 Å². The van der Waals surface area contributed by atoms with Gasteiger partial charge < -0.3 is 19.1 Å². The number of benzene rings is 1. The molecule has 1 N–H and O–H groups in total. The van der Waals surface area contributed by atoms with E-state index in [1.54, 1.807) is 11.7 Å². The summed E-state index contributed by atoms with van der Waals surface area (Å²) in [5.41, 5.74) is 1.31. The molecule has 2 aromatic rings. The Hall–Kier alpha value is -3.07. The van der Waals surface area contributed by atoms with Crippen LogP contribution in [0.3, 0.4) is 0 Å². The molecule has 9 nitrogen and oxygen atoms in total. The van der Waals surface area contributed by atoms with Crippen molar-refractivity contribution in [3.05, 3.63) is 45.9 Å². The Labute approximate surface area is 188 Å². The van der Waals surface area contributed by atoms with Crippen molar-refractivity contribution < 1.29 is 14.2 Å². The highest BCUT2D eigenvalue weighted by molar-refractivity contribution is 5.93. The number of aromatic nitrogens is 2. The van der Waals surface area contributed by atoms with Crippen molar-refractivity contribution in [2.75, 3.05) is 45.3 Å². The van der Waals surface area contributed by atoms with Gasteiger partial charge in [0.15, 0.2) is 17.7 Å². The molecule has 0 spiro atoms. The van der Waals surface area contributed by atoms with Crippen molar-refractivity contribution in [2.45, 2.75) is 33.4 Å². The van der Waals surface area contributed by atoms with Crippen LogP contribution in [0.4, 0.5) is 5.95 Å². The fourth-order valence-electron chi connectivity index (χ4n) is 3.76. The zero-order chi connectivity index (χ0) is 22.7. The van der Waals surface area contributed by atoms with Crippen molar-refractivity contribution in [1.82, 2.24) is 14.5 Å². The highest BCUT2D eigenvalue weighted by atomic mass is 16.5. The van der Waals surface area contributed by atoms with Crippen LogP contribution in [0.1, 0.15) is 37.7 Å². The van der Waals surface area contributed by atoms with Crippen LogP contribution in [-0.4, -0.2) is 60.4 Å². The lowest BCUT2D eigenvalue weighted by molar-refractivity contribution is 0.0675. The molecule has 0 amide bonds. The fourth-order valence-corrected chi connectivity index (χ4v) is 3.76. The van der Waals surface area contributed by atoms with Crippen LogP contribution in [-0.2, 0) is 4.74 Å². The first-order valence-electron chi connectivity index (χ1n) is 11.0. The van der Waals surface area contributed by atoms with Crippen LogP contribution in [0.25, 0.3) is 0 Å². The Kier molecular flexibility index (Phi) is 6.64. The van der Waals surface area contributed by atoms with Gasteiger partial charge in [0.25, 0.3) is 5.56 Å². The number of aliphatic imine (C=N–C) groups is 1. The predicted octanol–water partition coefficient (Wildman–Crippen LogP) is 2.65. The van der Waals surface area contributed by atoms with Crippen molar-refractivity contribution >= 4 is 11.9 Å². The van der Waals surface area contributed by atoms with Crippen LogP contribution in [0.15, 0.2) is 34.1 Å². The lowest BCUT2D eigenvalue weighted by atomic mass is 10.1. The monoisotopic (exact) mass is 441 g/mol. The number of ether oxygens (including phenoxy) is 3. The second-order valence-corrected chi connectivity index (χ2v) is 8.42. The van der Waals surface area contributed by atoms with E-state index in [1.807, 2.05) is 25.1 Å². The second-order valence-electron chi connectivity index (χ2n) is 8.42. The third kappa shape index (κ3) is 4.72. The van der Waals surface area contributed by atoms with Gasteiger partial charge in [-0.05, 0) is 31.4 Å². The van der Waals surface area contributed by atoms with Crippen molar-refractivity contribution in [3.8, 4) is 11.5 Å². The van der Waals surface area contributed by atoms with E-state index in [-0.39, 0.29) is 5.56 Å². The Morgan fingerprint density at radius 2 is 2.00 bits per heavy atom. The average Bonchev–Trinajstić information content (AvgIpc) is 2.78. The maximum absolute atomic E-state index is 12.9. The van der Waals surface area contributed by atoms with Gasteiger partial charge in [0.1, 0.15) is 0 Å². The zero-order valence-corrected chi connectivity index (χ0v) is 19.1. The van der Waals surface area contributed by atoms with Gasteiger partial charge >= 0.3 is 0 Å². The number of methoxy groups -OCH3 is 1. The van der Waals surface area contributed by atoms with E-state index in [1.165, 1.54) is 6.07 Å². The first-order chi connectivity index (χ1) is 15.5. The lowest BCUT2D eigenvalue weighted by Gasteiger charge is -2.34. The first kappa shape index (κ1) is 22.1. The molecule has 2 aliphatic heterocycles. The Morgan fingerprint density at radius 3 is 2.72 bits per heavy atom. The molecule has 1 fully saturated rings. The van der Waals surface area contributed by atoms with Crippen LogP contribution >= 0.6 is 0 Å². The standard InChI is InChI=1S/C23H31N5O4/c1-15(2)7-10-32-18-6-5-17(14-19(18)30-4)21-25-22(27-8-11-31-12-9-27)26-23-24-16(3)13-20(29)28(21)23/h5-6,13-15,21H,7-12H2,1-4H3,(H,24,25,26). The molecule has 0 aliphatic carbocycles. The number of hydrogen-bond donors (Lipinski definition) is 1. The molecule has 1 aromatic heterocycles. The number of guanidine groups is 1. The van der Waals surface area contributed by atoms with E-state index in [0.29, 0.717) is 54.8 Å². The quantitative estimate of drug-likeness (QED) is 0.737. The maximum Gasteiger partial charge on any atom is 0.257 e.